The maximum atomic E-state index is 10.4. The lowest BCUT2D eigenvalue weighted by atomic mass is 10.1. The Hall–Kier alpha value is -1.29. The van der Waals surface area contributed by atoms with Crippen LogP contribution in [-0.4, -0.2) is 22.8 Å². The van der Waals surface area contributed by atoms with Crippen LogP contribution in [0.25, 0.3) is 0 Å². The van der Waals surface area contributed by atoms with Crippen molar-refractivity contribution >= 4 is 6.29 Å². The third-order valence-corrected chi connectivity index (χ3v) is 1.90. The molecule has 0 atom stereocenters. The Labute approximate surface area is 70.0 Å². The normalized spacial score (nSPS) is 15.3. The van der Waals surface area contributed by atoms with Gasteiger partial charge in [0.05, 0.1) is 17.6 Å². The smallest absolute Gasteiger partial charge is 0.170 e. The first-order valence-corrected chi connectivity index (χ1v) is 3.91. The second kappa shape index (κ2) is 2.98. The van der Waals surface area contributed by atoms with E-state index in [0.717, 1.165) is 37.2 Å². The van der Waals surface area contributed by atoms with Gasteiger partial charge in [0.1, 0.15) is 5.69 Å². The lowest BCUT2D eigenvalue weighted by Crippen LogP contribution is -2.25. The van der Waals surface area contributed by atoms with Crippen molar-refractivity contribution < 1.29 is 4.79 Å². The second-order valence-electron chi connectivity index (χ2n) is 2.73. The summed E-state index contributed by atoms with van der Waals surface area (Å²) >= 11 is 0. The summed E-state index contributed by atoms with van der Waals surface area (Å²) in [6.07, 6.45) is 3.11. The van der Waals surface area contributed by atoms with Crippen LogP contribution in [0.2, 0.25) is 0 Å². The maximum absolute atomic E-state index is 10.4. The van der Waals surface area contributed by atoms with E-state index in [1.54, 1.807) is 0 Å². The number of carbonyl (C=O) groups excluding carboxylic acids is 1. The van der Waals surface area contributed by atoms with Gasteiger partial charge >= 0.3 is 0 Å². The predicted octanol–water partition coefficient (Wildman–Crippen LogP) is -0.0652. The van der Waals surface area contributed by atoms with E-state index in [-0.39, 0.29) is 0 Å². The molecule has 0 saturated heterocycles. The summed E-state index contributed by atoms with van der Waals surface area (Å²) in [7, 11) is 0. The van der Waals surface area contributed by atoms with Crippen LogP contribution in [0.5, 0.6) is 0 Å². The van der Waals surface area contributed by atoms with E-state index >= 15 is 0 Å². The molecule has 0 spiro atoms. The van der Waals surface area contributed by atoms with Gasteiger partial charge in [0.25, 0.3) is 0 Å². The molecule has 12 heavy (non-hydrogen) atoms. The average Bonchev–Trinajstić information content (AvgIpc) is 2.17. The largest absolute Gasteiger partial charge is 0.311 e. The first-order valence-electron chi connectivity index (χ1n) is 3.91. The Morgan fingerprint density at radius 1 is 1.50 bits per heavy atom. The number of carbonyl (C=O) groups is 1. The number of hydrogen-bond donors (Lipinski definition) is 1. The van der Waals surface area contributed by atoms with E-state index in [1.165, 1.54) is 6.20 Å². The minimum atomic E-state index is 0.427. The molecule has 1 aliphatic rings. The molecular weight excluding hydrogens is 154 g/mol. The molecule has 1 N–H and O–H groups in total. The van der Waals surface area contributed by atoms with Gasteiger partial charge in [-0.15, -0.1) is 0 Å². The highest BCUT2D eigenvalue weighted by Gasteiger charge is 2.10. The Kier molecular flexibility index (Phi) is 1.83. The molecule has 1 aromatic rings. The van der Waals surface area contributed by atoms with Gasteiger partial charge in [-0.3, -0.25) is 9.78 Å². The monoisotopic (exact) mass is 163 g/mol. The van der Waals surface area contributed by atoms with Crippen molar-refractivity contribution in [2.24, 2.45) is 0 Å². The molecule has 0 saturated carbocycles. The molecule has 4 heteroatoms. The molecule has 0 bridgehead atoms. The Bertz CT molecular complexity index is 311. The summed E-state index contributed by atoms with van der Waals surface area (Å²) in [6, 6.07) is 0. The first kappa shape index (κ1) is 7.36. The van der Waals surface area contributed by atoms with Crippen LogP contribution in [0.4, 0.5) is 0 Å². The van der Waals surface area contributed by atoms with Crippen molar-refractivity contribution in [3.63, 3.8) is 0 Å². The highest BCUT2D eigenvalue weighted by molar-refractivity contribution is 5.71. The van der Waals surface area contributed by atoms with Gasteiger partial charge in [-0.1, -0.05) is 0 Å². The molecule has 0 aliphatic carbocycles. The maximum Gasteiger partial charge on any atom is 0.170 e. The second-order valence-corrected chi connectivity index (χ2v) is 2.73. The van der Waals surface area contributed by atoms with E-state index in [2.05, 4.69) is 15.3 Å². The first-order chi connectivity index (χ1) is 5.90. The molecule has 0 unspecified atom stereocenters. The minimum absolute atomic E-state index is 0.427. The van der Waals surface area contributed by atoms with Crippen molar-refractivity contribution in [3.05, 3.63) is 23.3 Å². The molecule has 2 rings (SSSR count). The van der Waals surface area contributed by atoms with Gasteiger partial charge < -0.3 is 5.32 Å². The minimum Gasteiger partial charge on any atom is -0.311 e. The molecule has 0 radical (unpaired) electrons. The SMILES string of the molecule is O=Cc1cnc2c(n1)CCNC2. The van der Waals surface area contributed by atoms with Crippen LogP contribution in [0.3, 0.4) is 0 Å². The van der Waals surface area contributed by atoms with Gasteiger partial charge in [-0.2, -0.15) is 0 Å². The van der Waals surface area contributed by atoms with Crippen molar-refractivity contribution in [2.75, 3.05) is 6.54 Å². The summed E-state index contributed by atoms with van der Waals surface area (Å²) in [5, 5.41) is 3.19. The third-order valence-electron chi connectivity index (χ3n) is 1.90. The molecule has 0 fully saturated rings. The number of aromatic nitrogens is 2. The molecule has 62 valence electrons. The van der Waals surface area contributed by atoms with Crippen LogP contribution in [-0.2, 0) is 13.0 Å². The van der Waals surface area contributed by atoms with Crippen molar-refractivity contribution in [1.82, 2.24) is 15.3 Å². The molecule has 0 aromatic carbocycles. The Morgan fingerprint density at radius 3 is 3.25 bits per heavy atom. The quantitative estimate of drug-likeness (QED) is 0.589. The third kappa shape index (κ3) is 1.21. The molecule has 4 nitrogen and oxygen atoms in total. The zero-order valence-corrected chi connectivity index (χ0v) is 6.58. The van der Waals surface area contributed by atoms with E-state index in [4.69, 9.17) is 0 Å². The Balaban J connectivity index is 2.42. The van der Waals surface area contributed by atoms with Gasteiger partial charge in [-0.25, -0.2) is 4.98 Å². The number of hydrogen-bond acceptors (Lipinski definition) is 4. The summed E-state index contributed by atoms with van der Waals surface area (Å²) in [4.78, 5) is 18.7. The summed E-state index contributed by atoms with van der Waals surface area (Å²) < 4.78 is 0. The number of rotatable bonds is 1. The summed E-state index contributed by atoms with van der Waals surface area (Å²) in [5.41, 5.74) is 2.35. The fourth-order valence-electron chi connectivity index (χ4n) is 1.29. The molecule has 2 heterocycles. The Morgan fingerprint density at radius 2 is 2.42 bits per heavy atom. The number of aldehydes is 1. The summed E-state index contributed by atoms with van der Waals surface area (Å²) in [5.74, 6) is 0. The van der Waals surface area contributed by atoms with Gasteiger partial charge in [-0.05, 0) is 0 Å². The van der Waals surface area contributed by atoms with E-state index in [9.17, 15) is 4.79 Å². The van der Waals surface area contributed by atoms with Crippen molar-refractivity contribution in [1.29, 1.82) is 0 Å². The van der Waals surface area contributed by atoms with Gasteiger partial charge in [0.15, 0.2) is 6.29 Å². The van der Waals surface area contributed by atoms with Crippen molar-refractivity contribution in [3.8, 4) is 0 Å². The van der Waals surface area contributed by atoms with Crippen LogP contribution in [0.15, 0.2) is 6.20 Å². The fraction of sp³-hybridized carbons (Fsp3) is 0.375. The predicted molar refractivity (Wildman–Crippen MR) is 42.8 cm³/mol. The molecule has 0 amide bonds. The fourth-order valence-corrected chi connectivity index (χ4v) is 1.29. The highest BCUT2D eigenvalue weighted by atomic mass is 16.1. The number of nitrogens with zero attached hydrogens (tertiary/aromatic N) is 2. The highest BCUT2D eigenvalue weighted by Crippen LogP contribution is 2.07. The zero-order chi connectivity index (χ0) is 8.39. The van der Waals surface area contributed by atoms with Gasteiger partial charge in [0.2, 0.25) is 0 Å². The topological polar surface area (TPSA) is 54.9 Å². The van der Waals surface area contributed by atoms with E-state index in [0.29, 0.717) is 5.69 Å². The standard InChI is InChI=1S/C8H9N3O/c12-5-6-3-10-8-4-9-2-1-7(8)11-6/h3,5,9H,1-2,4H2. The van der Waals surface area contributed by atoms with Gasteiger partial charge in [0, 0.05) is 19.5 Å². The van der Waals surface area contributed by atoms with Crippen LogP contribution in [0, 0.1) is 0 Å². The average molecular weight is 163 g/mol. The van der Waals surface area contributed by atoms with E-state index in [1.807, 2.05) is 0 Å². The zero-order valence-electron chi connectivity index (χ0n) is 6.58. The van der Waals surface area contributed by atoms with Crippen molar-refractivity contribution in [2.45, 2.75) is 13.0 Å². The lowest BCUT2D eigenvalue weighted by Gasteiger charge is -2.14. The van der Waals surface area contributed by atoms with Crippen LogP contribution in [0.1, 0.15) is 21.9 Å². The molecule has 1 aliphatic heterocycles. The number of fused-ring (bicyclic) bond motifs is 1. The number of nitrogens with one attached hydrogen (secondary N) is 1. The lowest BCUT2D eigenvalue weighted by molar-refractivity contribution is 0.111. The van der Waals surface area contributed by atoms with Crippen LogP contribution >= 0.6 is 0 Å². The molecular formula is C8H9N3O. The van der Waals surface area contributed by atoms with E-state index < -0.39 is 0 Å². The summed E-state index contributed by atoms with van der Waals surface area (Å²) in [6.45, 7) is 1.69. The van der Waals surface area contributed by atoms with Crippen LogP contribution < -0.4 is 5.32 Å². The molecule has 1 aromatic heterocycles.